The fourth-order valence-corrected chi connectivity index (χ4v) is 3.95. The lowest BCUT2D eigenvalue weighted by atomic mass is 9.80. The Morgan fingerprint density at radius 1 is 1.44 bits per heavy atom. The summed E-state index contributed by atoms with van der Waals surface area (Å²) < 4.78 is 0. The first kappa shape index (κ1) is 18.0. The van der Waals surface area contributed by atoms with Crippen molar-refractivity contribution in [3.63, 3.8) is 0 Å². The van der Waals surface area contributed by atoms with Gasteiger partial charge < -0.3 is 20.9 Å². The summed E-state index contributed by atoms with van der Waals surface area (Å²) in [4.78, 5) is 26.9. The maximum Gasteiger partial charge on any atom is 0.259 e. The van der Waals surface area contributed by atoms with E-state index >= 15 is 0 Å². The van der Waals surface area contributed by atoms with E-state index in [2.05, 4.69) is 20.3 Å². The molecule has 1 fully saturated rings. The van der Waals surface area contributed by atoms with Crippen molar-refractivity contribution >= 4 is 46.9 Å². The van der Waals surface area contributed by atoms with E-state index in [0.29, 0.717) is 12.5 Å². The molecule has 1 saturated carbocycles. The van der Waals surface area contributed by atoms with Crippen molar-refractivity contribution in [3.05, 3.63) is 29.7 Å². The zero-order valence-electron chi connectivity index (χ0n) is 13.6. The van der Waals surface area contributed by atoms with Gasteiger partial charge >= 0.3 is 0 Å². The van der Waals surface area contributed by atoms with E-state index in [-0.39, 0.29) is 24.4 Å². The van der Waals surface area contributed by atoms with Crippen LogP contribution in [0, 0.1) is 5.92 Å². The molecule has 2 atom stereocenters. The lowest BCUT2D eigenvalue weighted by molar-refractivity contribution is -0.117. The van der Waals surface area contributed by atoms with Gasteiger partial charge in [-0.15, -0.1) is 24.2 Å². The predicted octanol–water partition coefficient (Wildman–Crippen LogP) is 1.63. The molecular formula is C16H21ClN6OS. The van der Waals surface area contributed by atoms with Crippen LogP contribution in [-0.2, 0) is 4.79 Å². The first-order chi connectivity index (χ1) is 11.7. The lowest BCUT2D eigenvalue weighted by Gasteiger charge is -2.33. The van der Waals surface area contributed by atoms with Crippen molar-refractivity contribution in [2.75, 3.05) is 23.7 Å². The zero-order valence-corrected chi connectivity index (χ0v) is 15.3. The molecule has 2 aromatic heterocycles. The Kier molecular flexibility index (Phi) is 5.51. The topological polar surface area (TPSA) is 99.9 Å². The average molecular weight is 381 g/mol. The number of aromatic nitrogens is 3. The molecule has 9 heteroatoms. The number of nitrogens with one attached hydrogen (secondary N) is 2. The number of carbonyl (C=O) groups is 1. The summed E-state index contributed by atoms with van der Waals surface area (Å²) in [5.41, 5.74) is 6.73. The highest BCUT2D eigenvalue weighted by molar-refractivity contribution is 8.04. The van der Waals surface area contributed by atoms with Crippen molar-refractivity contribution < 1.29 is 4.79 Å². The van der Waals surface area contributed by atoms with Crippen LogP contribution in [0.15, 0.2) is 29.7 Å². The second kappa shape index (κ2) is 7.63. The summed E-state index contributed by atoms with van der Waals surface area (Å²) >= 11 is 1.58. The van der Waals surface area contributed by atoms with Crippen LogP contribution >= 0.6 is 24.2 Å². The average Bonchev–Trinajstić information content (AvgIpc) is 3.09. The van der Waals surface area contributed by atoms with Gasteiger partial charge in [0.25, 0.3) is 5.91 Å². The molecule has 0 unspecified atom stereocenters. The Bertz CT molecular complexity index is 794. The van der Waals surface area contributed by atoms with Gasteiger partial charge in [-0.1, -0.05) is 0 Å². The number of nitrogens with two attached hydrogens (primary N) is 1. The highest BCUT2D eigenvalue weighted by Crippen LogP contribution is 2.29. The number of aromatic amines is 1. The van der Waals surface area contributed by atoms with Crippen molar-refractivity contribution in [1.82, 2.24) is 20.3 Å². The van der Waals surface area contributed by atoms with Crippen molar-refractivity contribution in [1.29, 1.82) is 0 Å². The fraction of sp³-hybridized carbons (Fsp3) is 0.438. The first-order valence-corrected chi connectivity index (χ1v) is 9.14. The van der Waals surface area contributed by atoms with Gasteiger partial charge in [0.1, 0.15) is 17.8 Å². The van der Waals surface area contributed by atoms with Crippen LogP contribution in [-0.4, -0.2) is 45.7 Å². The number of hydrogen-bond acceptors (Lipinski definition) is 6. The minimum absolute atomic E-state index is 0. The highest BCUT2D eigenvalue weighted by atomic mass is 35.5. The number of carbonyl (C=O) groups excluding carboxylic acids is 1. The molecule has 134 valence electrons. The Morgan fingerprint density at radius 2 is 2.32 bits per heavy atom. The van der Waals surface area contributed by atoms with Gasteiger partial charge in [-0.05, 0) is 24.8 Å². The summed E-state index contributed by atoms with van der Waals surface area (Å²) in [6.07, 6.45) is 7.44. The van der Waals surface area contributed by atoms with Gasteiger partial charge in [-0.3, -0.25) is 4.79 Å². The molecule has 4 N–H and O–H groups in total. The Labute approximate surface area is 156 Å². The second-order valence-electron chi connectivity index (χ2n) is 6.18. The summed E-state index contributed by atoms with van der Waals surface area (Å²) in [6.45, 7) is 1.47. The largest absolute Gasteiger partial charge is 0.351 e. The quantitative estimate of drug-likeness (QED) is 0.745. The summed E-state index contributed by atoms with van der Waals surface area (Å²) in [6, 6.07) is 2.19. The standard InChI is InChI=1S/C16H20N6OS.ClH/c17-12-2-1-10(12)7-19-16(23)13-8-22(5-6-24-13)15-11-3-4-18-14(11)20-9-21-15;/h3-4,8-10,12H,1-2,5-7,17H2,(H,19,23)(H,18,20,21);1H/t10-,12-;/m0./s1. The van der Waals surface area contributed by atoms with Crippen molar-refractivity contribution in [2.24, 2.45) is 11.7 Å². The number of halogens is 1. The third-order valence-corrected chi connectivity index (χ3v) is 5.68. The molecule has 3 heterocycles. The predicted molar refractivity (Wildman–Crippen MR) is 103 cm³/mol. The minimum Gasteiger partial charge on any atom is -0.351 e. The molecule has 2 aliphatic rings. The van der Waals surface area contributed by atoms with Crippen LogP contribution in [0.4, 0.5) is 5.82 Å². The zero-order chi connectivity index (χ0) is 16.5. The number of thioether (sulfide) groups is 1. The molecule has 1 aliphatic carbocycles. The van der Waals surface area contributed by atoms with Gasteiger partial charge in [0.2, 0.25) is 0 Å². The van der Waals surface area contributed by atoms with Gasteiger partial charge in [0.05, 0.1) is 10.3 Å². The highest BCUT2D eigenvalue weighted by Gasteiger charge is 2.28. The molecule has 4 rings (SSSR count). The summed E-state index contributed by atoms with van der Waals surface area (Å²) in [5.74, 6) is 2.06. The van der Waals surface area contributed by atoms with E-state index in [1.807, 2.05) is 23.4 Å². The molecule has 2 aromatic rings. The molecule has 0 bridgehead atoms. The Balaban J connectivity index is 0.00000182. The minimum atomic E-state index is -0.0248. The van der Waals surface area contributed by atoms with Crippen LogP contribution in [0.25, 0.3) is 11.0 Å². The van der Waals surface area contributed by atoms with E-state index in [0.717, 1.165) is 46.9 Å². The van der Waals surface area contributed by atoms with Crippen LogP contribution in [0.3, 0.4) is 0 Å². The van der Waals surface area contributed by atoms with Crippen LogP contribution in [0.1, 0.15) is 12.8 Å². The van der Waals surface area contributed by atoms with E-state index in [4.69, 9.17) is 5.73 Å². The molecule has 0 saturated heterocycles. The van der Waals surface area contributed by atoms with Gasteiger partial charge in [0, 0.05) is 37.3 Å². The molecule has 0 radical (unpaired) electrons. The number of fused-ring (bicyclic) bond motifs is 1. The lowest BCUT2D eigenvalue weighted by Crippen LogP contribution is -2.46. The number of amides is 1. The monoisotopic (exact) mass is 380 g/mol. The molecule has 0 aromatic carbocycles. The Hall–Kier alpha value is -1.77. The third-order valence-electron chi connectivity index (χ3n) is 4.69. The maximum absolute atomic E-state index is 12.4. The normalized spacial score (nSPS) is 22.8. The van der Waals surface area contributed by atoms with Gasteiger partial charge in [-0.25, -0.2) is 9.97 Å². The number of rotatable bonds is 4. The molecule has 1 amide bonds. The number of anilines is 1. The summed E-state index contributed by atoms with van der Waals surface area (Å²) in [7, 11) is 0. The fourth-order valence-electron chi connectivity index (χ4n) is 3.04. The van der Waals surface area contributed by atoms with Crippen LogP contribution < -0.4 is 16.0 Å². The third kappa shape index (κ3) is 3.61. The molecule has 7 nitrogen and oxygen atoms in total. The number of nitrogens with zero attached hydrogens (tertiary/aromatic N) is 3. The van der Waals surface area contributed by atoms with Crippen LogP contribution in [0.5, 0.6) is 0 Å². The first-order valence-electron chi connectivity index (χ1n) is 8.15. The Morgan fingerprint density at radius 3 is 3.08 bits per heavy atom. The maximum atomic E-state index is 12.4. The van der Waals surface area contributed by atoms with Crippen molar-refractivity contribution in [3.8, 4) is 0 Å². The second-order valence-corrected chi connectivity index (χ2v) is 7.32. The molecule has 0 spiro atoms. The number of H-pyrrole nitrogens is 1. The van der Waals surface area contributed by atoms with Gasteiger partial charge in [0.15, 0.2) is 0 Å². The van der Waals surface area contributed by atoms with E-state index < -0.39 is 0 Å². The van der Waals surface area contributed by atoms with Crippen molar-refractivity contribution in [2.45, 2.75) is 18.9 Å². The van der Waals surface area contributed by atoms with E-state index in [1.165, 1.54) is 0 Å². The molecule has 1 aliphatic heterocycles. The van der Waals surface area contributed by atoms with E-state index in [9.17, 15) is 4.79 Å². The van der Waals surface area contributed by atoms with E-state index in [1.54, 1.807) is 18.1 Å². The van der Waals surface area contributed by atoms with Gasteiger partial charge in [-0.2, -0.15) is 0 Å². The molecule has 25 heavy (non-hydrogen) atoms. The number of hydrogen-bond donors (Lipinski definition) is 3. The van der Waals surface area contributed by atoms with Crippen LogP contribution in [0.2, 0.25) is 0 Å². The SMILES string of the molecule is Cl.N[C@H]1CC[C@H]1CNC(=O)C1=CN(c2ncnc3[nH]ccc23)CCS1. The smallest absolute Gasteiger partial charge is 0.259 e. The summed E-state index contributed by atoms with van der Waals surface area (Å²) in [5, 5.41) is 3.97. The molecular weight excluding hydrogens is 360 g/mol.